The number of carbonyl (C=O) groups is 3. The van der Waals surface area contributed by atoms with Gasteiger partial charge in [0.1, 0.15) is 5.78 Å². The number of carbonyl (C=O) groups excluding carboxylic acids is 1. The Bertz CT molecular complexity index is 186. The van der Waals surface area contributed by atoms with Gasteiger partial charge in [-0.3, -0.25) is 14.4 Å². The van der Waals surface area contributed by atoms with E-state index in [9.17, 15) is 9.59 Å². The van der Waals surface area contributed by atoms with E-state index >= 15 is 0 Å². The lowest BCUT2D eigenvalue weighted by atomic mass is 10.1. The second-order valence-corrected chi connectivity index (χ2v) is 2.42. The zero-order valence-electron chi connectivity index (χ0n) is 6.40. The van der Waals surface area contributed by atoms with Crippen molar-refractivity contribution in [1.29, 1.82) is 0 Å². The van der Waals surface area contributed by atoms with Crippen LogP contribution in [0.5, 0.6) is 0 Å². The van der Waals surface area contributed by atoms with Gasteiger partial charge in [0.15, 0.2) is 0 Å². The van der Waals surface area contributed by atoms with Crippen molar-refractivity contribution in [2.45, 2.75) is 19.3 Å². The Hall–Kier alpha value is -1.39. The van der Waals surface area contributed by atoms with Gasteiger partial charge in [0.2, 0.25) is 0 Å². The first-order chi connectivity index (χ1) is 5.61. The molecular formula is C7H10O5. The van der Waals surface area contributed by atoms with Crippen molar-refractivity contribution in [2.75, 3.05) is 0 Å². The summed E-state index contributed by atoms with van der Waals surface area (Å²) in [6.45, 7) is -0.250. The average Bonchev–Trinajstić information content (AvgIpc) is 2.37. The standard InChI is InChI=1S/C6H8O3.CH2O2/c7-5-2-1-4(3-5)6(8)9;2-1-3/h4H,1-3H2,(H,8,9);1H,(H,2,3). The maximum Gasteiger partial charge on any atom is 0.306 e. The summed E-state index contributed by atoms with van der Waals surface area (Å²) < 4.78 is 0. The molecule has 5 nitrogen and oxygen atoms in total. The molecular weight excluding hydrogens is 164 g/mol. The summed E-state index contributed by atoms with van der Waals surface area (Å²) >= 11 is 0. The first-order valence-electron chi connectivity index (χ1n) is 3.44. The zero-order valence-corrected chi connectivity index (χ0v) is 6.40. The minimum Gasteiger partial charge on any atom is -0.483 e. The summed E-state index contributed by atoms with van der Waals surface area (Å²) in [6, 6.07) is 0. The molecule has 5 heteroatoms. The SMILES string of the molecule is O=C1CCC(C(=O)O)C1.O=CO. The number of Topliss-reactive ketones (excluding diaryl/α,β-unsaturated/α-hetero) is 1. The van der Waals surface area contributed by atoms with Gasteiger partial charge in [-0.25, -0.2) is 0 Å². The Labute approximate surface area is 69.0 Å². The highest BCUT2D eigenvalue weighted by atomic mass is 16.4. The molecule has 1 saturated carbocycles. The molecule has 0 saturated heterocycles. The quantitative estimate of drug-likeness (QED) is 0.551. The Morgan fingerprint density at radius 2 is 2.08 bits per heavy atom. The zero-order chi connectivity index (χ0) is 9.56. The van der Waals surface area contributed by atoms with Crippen LogP contribution >= 0.6 is 0 Å². The van der Waals surface area contributed by atoms with E-state index in [0.717, 1.165) is 0 Å². The molecule has 1 atom stereocenters. The number of carboxylic acid groups (broad SMARTS) is 2. The molecule has 0 heterocycles. The number of aliphatic carboxylic acids is 1. The highest BCUT2D eigenvalue weighted by molar-refractivity contribution is 5.87. The van der Waals surface area contributed by atoms with E-state index in [4.69, 9.17) is 15.0 Å². The van der Waals surface area contributed by atoms with Crippen molar-refractivity contribution in [1.82, 2.24) is 0 Å². The normalized spacial score (nSPS) is 21.0. The van der Waals surface area contributed by atoms with E-state index < -0.39 is 11.9 Å². The van der Waals surface area contributed by atoms with Gasteiger partial charge in [-0.1, -0.05) is 0 Å². The van der Waals surface area contributed by atoms with Crippen LogP contribution < -0.4 is 0 Å². The number of hydrogen-bond acceptors (Lipinski definition) is 3. The van der Waals surface area contributed by atoms with Crippen molar-refractivity contribution in [3.63, 3.8) is 0 Å². The number of rotatable bonds is 1. The lowest BCUT2D eigenvalue weighted by molar-refractivity contribution is -0.142. The predicted molar refractivity (Wildman–Crippen MR) is 38.7 cm³/mol. The molecule has 0 aromatic rings. The van der Waals surface area contributed by atoms with E-state index in [2.05, 4.69) is 0 Å². The van der Waals surface area contributed by atoms with Crippen LogP contribution in [-0.4, -0.2) is 28.4 Å². The Morgan fingerprint density at radius 3 is 2.25 bits per heavy atom. The number of hydrogen-bond donors (Lipinski definition) is 2. The van der Waals surface area contributed by atoms with Gasteiger partial charge in [0.25, 0.3) is 6.47 Å². The second-order valence-electron chi connectivity index (χ2n) is 2.42. The van der Waals surface area contributed by atoms with E-state index in [-0.39, 0.29) is 18.7 Å². The molecule has 1 unspecified atom stereocenters. The van der Waals surface area contributed by atoms with Crippen LogP contribution in [0.15, 0.2) is 0 Å². The summed E-state index contributed by atoms with van der Waals surface area (Å²) in [5.41, 5.74) is 0. The maximum absolute atomic E-state index is 10.5. The minimum atomic E-state index is -0.833. The molecule has 0 aromatic carbocycles. The van der Waals surface area contributed by atoms with Gasteiger partial charge >= 0.3 is 5.97 Å². The average molecular weight is 174 g/mol. The summed E-state index contributed by atoms with van der Waals surface area (Å²) in [6.07, 6.45) is 1.24. The van der Waals surface area contributed by atoms with Gasteiger partial charge in [-0.15, -0.1) is 0 Å². The second kappa shape index (κ2) is 5.29. The van der Waals surface area contributed by atoms with E-state index in [1.807, 2.05) is 0 Å². The van der Waals surface area contributed by atoms with Crippen LogP contribution in [0.4, 0.5) is 0 Å². The largest absolute Gasteiger partial charge is 0.483 e. The van der Waals surface area contributed by atoms with E-state index in [1.165, 1.54) is 0 Å². The highest BCUT2D eigenvalue weighted by Gasteiger charge is 2.27. The van der Waals surface area contributed by atoms with Crippen LogP contribution in [0.25, 0.3) is 0 Å². The third-order valence-corrected chi connectivity index (χ3v) is 1.59. The smallest absolute Gasteiger partial charge is 0.306 e. The van der Waals surface area contributed by atoms with Crippen molar-refractivity contribution in [3.05, 3.63) is 0 Å². The summed E-state index contributed by atoms with van der Waals surface area (Å²) in [5.74, 6) is -1.14. The van der Waals surface area contributed by atoms with Crippen LogP contribution in [0.1, 0.15) is 19.3 Å². The van der Waals surface area contributed by atoms with Gasteiger partial charge in [0, 0.05) is 12.8 Å². The molecule has 1 rings (SSSR count). The lowest BCUT2D eigenvalue weighted by Crippen LogP contribution is -2.09. The maximum atomic E-state index is 10.5. The topological polar surface area (TPSA) is 91.7 Å². The molecule has 2 N–H and O–H groups in total. The predicted octanol–water partition coefficient (Wildman–Crippen LogP) is 0.141. The highest BCUT2D eigenvalue weighted by Crippen LogP contribution is 2.21. The first-order valence-corrected chi connectivity index (χ1v) is 3.44. The molecule has 0 aromatic heterocycles. The fraction of sp³-hybridized carbons (Fsp3) is 0.571. The van der Waals surface area contributed by atoms with Crippen LogP contribution in [0, 0.1) is 5.92 Å². The van der Waals surface area contributed by atoms with Crippen LogP contribution in [-0.2, 0) is 14.4 Å². The molecule has 68 valence electrons. The molecule has 0 aliphatic heterocycles. The third kappa shape index (κ3) is 3.70. The van der Waals surface area contributed by atoms with Crippen LogP contribution in [0.3, 0.4) is 0 Å². The summed E-state index contributed by atoms with van der Waals surface area (Å²) in [7, 11) is 0. The van der Waals surface area contributed by atoms with Crippen molar-refractivity contribution < 1.29 is 24.6 Å². The fourth-order valence-electron chi connectivity index (χ4n) is 1.02. The lowest BCUT2D eigenvalue weighted by Gasteiger charge is -1.96. The Kier molecular flexibility index (Phi) is 4.67. The first kappa shape index (κ1) is 10.6. The van der Waals surface area contributed by atoms with Gasteiger partial charge in [0.05, 0.1) is 5.92 Å². The monoisotopic (exact) mass is 174 g/mol. The van der Waals surface area contributed by atoms with Gasteiger partial charge in [-0.05, 0) is 6.42 Å². The van der Waals surface area contributed by atoms with Gasteiger partial charge < -0.3 is 10.2 Å². The molecule has 1 fully saturated rings. The Balaban J connectivity index is 0.000000354. The molecule has 12 heavy (non-hydrogen) atoms. The van der Waals surface area contributed by atoms with Crippen molar-refractivity contribution in [3.8, 4) is 0 Å². The number of carboxylic acids is 1. The Morgan fingerprint density at radius 1 is 1.58 bits per heavy atom. The molecule has 0 radical (unpaired) electrons. The molecule has 1 aliphatic rings. The molecule has 0 spiro atoms. The van der Waals surface area contributed by atoms with Crippen molar-refractivity contribution in [2.24, 2.45) is 5.92 Å². The van der Waals surface area contributed by atoms with E-state index in [0.29, 0.717) is 12.8 Å². The third-order valence-electron chi connectivity index (χ3n) is 1.59. The number of ketones is 1. The summed E-state index contributed by atoms with van der Waals surface area (Å²) in [4.78, 5) is 29.1. The molecule has 0 amide bonds. The van der Waals surface area contributed by atoms with Crippen molar-refractivity contribution >= 4 is 18.2 Å². The summed E-state index contributed by atoms with van der Waals surface area (Å²) in [5, 5.41) is 15.3. The van der Waals surface area contributed by atoms with Crippen LogP contribution in [0.2, 0.25) is 0 Å². The minimum absolute atomic E-state index is 0.0856. The fourth-order valence-corrected chi connectivity index (χ4v) is 1.02. The van der Waals surface area contributed by atoms with Gasteiger partial charge in [-0.2, -0.15) is 0 Å². The van der Waals surface area contributed by atoms with E-state index in [1.54, 1.807) is 0 Å². The molecule has 1 aliphatic carbocycles. The molecule has 0 bridgehead atoms.